The number of urea groups is 1. The van der Waals surface area contributed by atoms with Crippen molar-refractivity contribution in [3.8, 4) is 0 Å². The van der Waals surface area contributed by atoms with Crippen LogP contribution in [0.2, 0.25) is 10.0 Å². The van der Waals surface area contributed by atoms with Crippen molar-refractivity contribution in [1.82, 2.24) is 5.32 Å². The first-order valence-corrected chi connectivity index (χ1v) is 8.99. The van der Waals surface area contributed by atoms with Gasteiger partial charge in [0.05, 0.1) is 23.4 Å². The smallest absolute Gasteiger partial charge is 0.319 e. The van der Waals surface area contributed by atoms with E-state index in [1.807, 2.05) is 44.2 Å². The van der Waals surface area contributed by atoms with Crippen molar-refractivity contribution >= 4 is 34.9 Å². The molecule has 26 heavy (non-hydrogen) atoms. The molecule has 2 amide bonds. The maximum Gasteiger partial charge on any atom is 0.319 e. The highest BCUT2D eigenvalue weighted by atomic mass is 35.5. The first-order valence-electron chi connectivity index (χ1n) is 8.23. The van der Waals surface area contributed by atoms with Crippen LogP contribution in [0.15, 0.2) is 48.5 Å². The highest BCUT2D eigenvalue weighted by Crippen LogP contribution is 2.33. The van der Waals surface area contributed by atoms with Gasteiger partial charge in [-0.2, -0.15) is 0 Å². The van der Waals surface area contributed by atoms with Crippen molar-refractivity contribution in [3.63, 3.8) is 0 Å². The Hall–Kier alpha value is -1.79. The summed E-state index contributed by atoms with van der Waals surface area (Å²) in [6.45, 7) is 4.04. The van der Waals surface area contributed by atoms with Crippen LogP contribution in [0.4, 0.5) is 10.5 Å². The zero-order valence-electron chi connectivity index (χ0n) is 14.5. The van der Waals surface area contributed by atoms with E-state index in [0.29, 0.717) is 22.3 Å². The van der Waals surface area contributed by atoms with Crippen molar-refractivity contribution in [3.05, 3.63) is 64.1 Å². The normalized spacial score (nSPS) is 21.8. The monoisotopic (exact) mass is 394 g/mol. The fourth-order valence-electron chi connectivity index (χ4n) is 2.78. The summed E-state index contributed by atoms with van der Waals surface area (Å²) < 4.78 is 11.8. The molecular weight excluding hydrogens is 375 g/mol. The van der Waals surface area contributed by atoms with E-state index in [0.717, 1.165) is 5.56 Å². The third-order valence-electron chi connectivity index (χ3n) is 4.01. The second-order valence-electron chi connectivity index (χ2n) is 6.49. The molecule has 0 spiro atoms. The number of benzene rings is 2. The molecular formula is C19H20Cl2N2O3. The minimum Gasteiger partial charge on any atom is -0.348 e. The molecule has 2 aromatic carbocycles. The average molecular weight is 395 g/mol. The van der Waals surface area contributed by atoms with Gasteiger partial charge in [0.1, 0.15) is 6.10 Å². The second-order valence-corrected chi connectivity index (χ2v) is 7.33. The molecule has 2 N–H and O–H groups in total. The summed E-state index contributed by atoms with van der Waals surface area (Å²) in [5.41, 5.74) is 1.45. The van der Waals surface area contributed by atoms with Gasteiger partial charge >= 0.3 is 6.03 Å². The van der Waals surface area contributed by atoms with Crippen LogP contribution in [-0.4, -0.2) is 24.5 Å². The average Bonchev–Trinajstić information content (AvgIpc) is 2.59. The first kappa shape index (κ1) is 19.0. The quantitative estimate of drug-likeness (QED) is 0.768. The first-order chi connectivity index (χ1) is 12.3. The second kappa shape index (κ2) is 7.84. The SMILES string of the molecule is CC1(C)OC[C@H](NC(=O)Nc2ccc(Cl)cc2Cl)[C@H](c2ccccc2)O1. The van der Waals surface area contributed by atoms with Gasteiger partial charge < -0.3 is 20.1 Å². The number of halogens is 2. The Morgan fingerprint density at radius 2 is 1.88 bits per heavy atom. The number of carbonyl (C=O) groups is 1. The van der Waals surface area contributed by atoms with E-state index in [1.54, 1.807) is 18.2 Å². The largest absolute Gasteiger partial charge is 0.348 e. The summed E-state index contributed by atoms with van der Waals surface area (Å²) in [5.74, 6) is -0.728. The topological polar surface area (TPSA) is 59.6 Å². The molecule has 2 aromatic rings. The van der Waals surface area contributed by atoms with Crippen LogP contribution < -0.4 is 10.6 Å². The lowest BCUT2D eigenvalue weighted by molar-refractivity contribution is -0.284. The Bertz CT molecular complexity index is 784. The third-order valence-corrected chi connectivity index (χ3v) is 4.56. The van der Waals surface area contributed by atoms with Gasteiger partial charge in [0.15, 0.2) is 5.79 Å². The maximum absolute atomic E-state index is 12.4. The van der Waals surface area contributed by atoms with Crippen LogP contribution in [0, 0.1) is 0 Å². The van der Waals surface area contributed by atoms with Gasteiger partial charge in [-0.25, -0.2) is 4.79 Å². The molecule has 1 saturated heterocycles. The van der Waals surface area contributed by atoms with E-state index in [2.05, 4.69) is 10.6 Å². The van der Waals surface area contributed by atoms with E-state index in [1.165, 1.54) is 0 Å². The minimum absolute atomic E-state index is 0.327. The predicted octanol–water partition coefficient (Wildman–Crippen LogP) is 5.01. The van der Waals surface area contributed by atoms with Crippen LogP contribution in [0.3, 0.4) is 0 Å². The van der Waals surface area contributed by atoms with Crippen molar-refractivity contribution in [2.45, 2.75) is 31.8 Å². The lowest BCUT2D eigenvalue weighted by Crippen LogP contribution is -2.52. The predicted molar refractivity (Wildman–Crippen MR) is 103 cm³/mol. The molecule has 0 saturated carbocycles. The fourth-order valence-corrected chi connectivity index (χ4v) is 3.23. The summed E-state index contributed by atoms with van der Waals surface area (Å²) in [6.07, 6.45) is -0.327. The summed E-state index contributed by atoms with van der Waals surface area (Å²) in [7, 11) is 0. The number of hydrogen-bond donors (Lipinski definition) is 2. The molecule has 5 nitrogen and oxygen atoms in total. The molecule has 2 atom stereocenters. The van der Waals surface area contributed by atoms with E-state index in [9.17, 15) is 4.79 Å². The highest BCUT2D eigenvalue weighted by molar-refractivity contribution is 6.36. The van der Waals surface area contributed by atoms with Gasteiger partial charge in [-0.3, -0.25) is 0 Å². The summed E-state index contributed by atoms with van der Waals surface area (Å²) in [4.78, 5) is 12.4. The third kappa shape index (κ3) is 4.68. The van der Waals surface area contributed by atoms with E-state index in [4.69, 9.17) is 32.7 Å². The van der Waals surface area contributed by atoms with Crippen LogP contribution in [-0.2, 0) is 9.47 Å². The molecule has 0 aromatic heterocycles. The molecule has 0 unspecified atom stereocenters. The lowest BCUT2D eigenvalue weighted by Gasteiger charge is -2.41. The van der Waals surface area contributed by atoms with Gasteiger partial charge in [-0.1, -0.05) is 53.5 Å². The fraction of sp³-hybridized carbons (Fsp3) is 0.316. The Morgan fingerprint density at radius 1 is 1.15 bits per heavy atom. The van der Waals surface area contributed by atoms with Crippen LogP contribution >= 0.6 is 23.2 Å². The van der Waals surface area contributed by atoms with Crippen LogP contribution in [0.25, 0.3) is 0 Å². The van der Waals surface area contributed by atoms with Gasteiger partial charge in [-0.05, 0) is 37.6 Å². The van der Waals surface area contributed by atoms with Crippen molar-refractivity contribution in [1.29, 1.82) is 0 Å². The van der Waals surface area contributed by atoms with Gasteiger partial charge in [0.25, 0.3) is 0 Å². The molecule has 1 aliphatic rings. The van der Waals surface area contributed by atoms with Crippen LogP contribution in [0.5, 0.6) is 0 Å². The number of carbonyl (C=O) groups excluding carboxylic acids is 1. The number of rotatable bonds is 3. The van der Waals surface area contributed by atoms with Crippen LogP contribution in [0.1, 0.15) is 25.5 Å². The van der Waals surface area contributed by atoms with Gasteiger partial charge in [0.2, 0.25) is 0 Å². The Labute approximate surface area is 162 Å². The molecule has 1 fully saturated rings. The molecule has 0 bridgehead atoms. The standard InChI is InChI=1S/C19H20Cl2N2O3/c1-19(2)25-11-16(17(26-19)12-6-4-3-5-7-12)23-18(24)22-15-9-8-13(20)10-14(15)21/h3-10,16-17H,11H2,1-2H3,(H2,22,23,24)/t16-,17-/m0/s1. The Balaban J connectivity index is 1.73. The summed E-state index contributed by atoms with van der Waals surface area (Å²) in [5, 5.41) is 6.50. The lowest BCUT2D eigenvalue weighted by atomic mass is 10.0. The number of amides is 2. The van der Waals surface area contributed by atoms with E-state index in [-0.39, 0.29) is 12.1 Å². The zero-order valence-corrected chi connectivity index (χ0v) is 16.0. The Kier molecular flexibility index (Phi) is 5.73. The summed E-state index contributed by atoms with van der Waals surface area (Å²) in [6, 6.07) is 13.9. The number of nitrogens with one attached hydrogen (secondary N) is 2. The number of hydrogen-bond acceptors (Lipinski definition) is 3. The van der Waals surface area contributed by atoms with E-state index < -0.39 is 11.8 Å². The molecule has 0 aliphatic carbocycles. The molecule has 0 radical (unpaired) electrons. The van der Waals surface area contributed by atoms with Crippen molar-refractivity contribution in [2.24, 2.45) is 0 Å². The highest BCUT2D eigenvalue weighted by Gasteiger charge is 2.38. The molecule has 7 heteroatoms. The molecule has 3 rings (SSSR count). The molecule has 138 valence electrons. The summed E-state index contributed by atoms with van der Waals surface area (Å²) >= 11 is 12.0. The number of anilines is 1. The van der Waals surface area contributed by atoms with Gasteiger partial charge in [0, 0.05) is 5.02 Å². The molecule has 1 aliphatic heterocycles. The maximum atomic E-state index is 12.4. The van der Waals surface area contributed by atoms with Crippen molar-refractivity contribution < 1.29 is 14.3 Å². The van der Waals surface area contributed by atoms with Gasteiger partial charge in [-0.15, -0.1) is 0 Å². The molecule has 1 heterocycles. The van der Waals surface area contributed by atoms with Crippen molar-refractivity contribution in [2.75, 3.05) is 11.9 Å². The van der Waals surface area contributed by atoms with E-state index >= 15 is 0 Å². The minimum atomic E-state index is -0.728. The Morgan fingerprint density at radius 3 is 2.58 bits per heavy atom. The number of ether oxygens (including phenoxy) is 2. The zero-order chi connectivity index (χ0) is 18.7.